The van der Waals surface area contributed by atoms with Crippen molar-refractivity contribution >= 4 is 11.8 Å². The Morgan fingerprint density at radius 2 is 1.96 bits per heavy atom. The number of hydrogen-bond acceptors (Lipinski definition) is 4. The molecular weight excluding hydrogens is 342 g/mol. The lowest BCUT2D eigenvalue weighted by Crippen LogP contribution is -2.31. The van der Waals surface area contributed by atoms with Crippen LogP contribution in [0.4, 0.5) is 0 Å². The molecule has 1 aromatic heterocycles. The van der Waals surface area contributed by atoms with Crippen molar-refractivity contribution in [1.82, 2.24) is 15.5 Å². The third kappa shape index (κ3) is 4.19. The van der Waals surface area contributed by atoms with Gasteiger partial charge in [-0.3, -0.25) is 14.7 Å². The van der Waals surface area contributed by atoms with E-state index in [4.69, 9.17) is 11.0 Å². The SMILES string of the molecule is N#Cc1cccc(-c2[nH]ncc2C(=O)N[C@@H](CC(N)=O)c2ccccc2)c1. The standard InChI is InChI=1S/C20H17N5O2/c21-11-13-5-4-8-15(9-13)19-16(12-23-25-19)20(27)24-17(10-18(22)26)14-6-2-1-3-7-14/h1-9,12,17H,10H2,(H2,22,26)(H,23,25)(H,24,27)/t17-/m0/s1. The molecular formula is C20H17N5O2. The van der Waals surface area contributed by atoms with E-state index < -0.39 is 17.9 Å². The highest BCUT2D eigenvalue weighted by molar-refractivity contribution is 6.00. The zero-order valence-electron chi connectivity index (χ0n) is 14.3. The molecule has 0 spiro atoms. The molecule has 0 radical (unpaired) electrons. The van der Waals surface area contributed by atoms with E-state index in [9.17, 15) is 9.59 Å². The Labute approximate surface area is 155 Å². The van der Waals surface area contributed by atoms with Crippen LogP contribution in [0.5, 0.6) is 0 Å². The maximum absolute atomic E-state index is 12.8. The molecule has 0 bridgehead atoms. The molecule has 2 amide bonds. The number of H-pyrrole nitrogens is 1. The number of aromatic nitrogens is 2. The molecule has 0 aliphatic carbocycles. The molecule has 27 heavy (non-hydrogen) atoms. The van der Waals surface area contributed by atoms with Crippen LogP contribution in [-0.2, 0) is 4.79 Å². The predicted octanol–water partition coefficient (Wildman–Crippen LogP) is 2.29. The van der Waals surface area contributed by atoms with Gasteiger partial charge in [0, 0.05) is 5.56 Å². The van der Waals surface area contributed by atoms with Crippen molar-refractivity contribution in [1.29, 1.82) is 5.26 Å². The van der Waals surface area contributed by atoms with Gasteiger partial charge in [-0.2, -0.15) is 10.4 Å². The number of amides is 2. The first-order valence-corrected chi connectivity index (χ1v) is 8.26. The zero-order chi connectivity index (χ0) is 19.2. The molecule has 2 aromatic carbocycles. The number of benzene rings is 2. The second kappa shape index (κ2) is 7.97. The number of nitrogens with two attached hydrogens (primary N) is 1. The number of aromatic amines is 1. The normalized spacial score (nSPS) is 11.4. The fraction of sp³-hybridized carbons (Fsp3) is 0.100. The van der Waals surface area contributed by atoms with Crippen LogP contribution >= 0.6 is 0 Å². The first-order valence-electron chi connectivity index (χ1n) is 8.26. The third-order valence-electron chi connectivity index (χ3n) is 4.08. The van der Waals surface area contributed by atoms with Gasteiger partial charge in [0.15, 0.2) is 0 Å². The Kier molecular flexibility index (Phi) is 5.28. The van der Waals surface area contributed by atoms with Crippen molar-refractivity contribution < 1.29 is 9.59 Å². The van der Waals surface area contributed by atoms with E-state index in [1.54, 1.807) is 24.3 Å². The second-order valence-electron chi connectivity index (χ2n) is 5.96. The summed E-state index contributed by atoms with van der Waals surface area (Å²) in [5, 5.41) is 18.7. The number of hydrogen-bond donors (Lipinski definition) is 3. The van der Waals surface area contributed by atoms with E-state index in [1.165, 1.54) is 6.20 Å². The van der Waals surface area contributed by atoms with Gasteiger partial charge >= 0.3 is 0 Å². The summed E-state index contributed by atoms with van der Waals surface area (Å²) >= 11 is 0. The van der Waals surface area contributed by atoms with E-state index in [-0.39, 0.29) is 6.42 Å². The van der Waals surface area contributed by atoms with Crippen LogP contribution in [0.3, 0.4) is 0 Å². The van der Waals surface area contributed by atoms with Crippen molar-refractivity contribution in [3.8, 4) is 17.3 Å². The smallest absolute Gasteiger partial charge is 0.255 e. The van der Waals surface area contributed by atoms with Crippen molar-refractivity contribution in [3.05, 3.63) is 77.5 Å². The molecule has 0 saturated heterocycles. The summed E-state index contributed by atoms with van der Waals surface area (Å²) in [5.41, 5.74) is 8.07. The summed E-state index contributed by atoms with van der Waals surface area (Å²) in [7, 11) is 0. The average molecular weight is 359 g/mol. The average Bonchev–Trinajstić information content (AvgIpc) is 3.18. The maximum Gasteiger partial charge on any atom is 0.255 e. The molecule has 3 aromatic rings. The minimum Gasteiger partial charge on any atom is -0.370 e. The van der Waals surface area contributed by atoms with Crippen LogP contribution in [0, 0.1) is 11.3 Å². The number of primary amides is 1. The molecule has 1 heterocycles. The van der Waals surface area contributed by atoms with E-state index in [2.05, 4.69) is 21.6 Å². The van der Waals surface area contributed by atoms with Crippen molar-refractivity contribution in [2.75, 3.05) is 0 Å². The molecule has 0 saturated carbocycles. The van der Waals surface area contributed by atoms with E-state index in [1.807, 2.05) is 30.3 Å². The Morgan fingerprint density at radius 3 is 2.67 bits per heavy atom. The molecule has 0 fully saturated rings. The van der Waals surface area contributed by atoms with E-state index in [0.29, 0.717) is 22.4 Å². The van der Waals surface area contributed by atoms with Gasteiger partial charge in [0.05, 0.1) is 41.5 Å². The van der Waals surface area contributed by atoms with Crippen LogP contribution in [0.1, 0.15) is 33.9 Å². The highest BCUT2D eigenvalue weighted by Crippen LogP contribution is 2.23. The van der Waals surface area contributed by atoms with Crippen LogP contribution in [0.25, 0.3) is 11.3 Å². The molecule has 1 atom stereocenters. The van der Waals surface area contributed by atoms with Gasteiger partial charge in [-0.1, -0.05) is 42.5 Å². The van der Waals surface area contributed by atoms with Crippen molar-refractivity contribution in [2.45, 2.75) is 12.5 Å². The number of nitriles is 1. The Morgan fingerprint density at radius 1 is 1.19 bits per heavy atom. The zero-order valence-corrected chi connectivity index (χ0v) is 14.3. The molecule has 7 nitrogen and oxygen atoms in total. The molecule has 0 aliphatic heterocycles. The highest BCUT2D eigenvalue weighted by Gasteiger charge is 2.21. The fourth-order valence-electron chi connectivity index (χ4n) is 2.80. The number of carbonyl (C=O) groups is 2. The van der Waals surface area contributed by atoms with Gasteiger partial charge in [-0.15, -0.1) is 0 Å². The Balaban J connectivity index is 1.88. The summed E-state index contributed by atoms with van der Waals surface area (Å²) in [6.07, 6.45) is 1.39. The minimum absolute atomic E-state index is 0.0210. The summed E-state index contributed by atoms with van der Waals surface area (Å²) in [6, 6.07) is 17.5. The van der Waals surface area contributed by atoms with Gasteiger partial charge in [-0.25, -0.2) is 0 Å². The van der Waals surface area contributed by atoms with Crippen LogP contribution in [-0.4, -0.2) is 22.0 Å². The van der Waals surface area contributed by atoms with Crippen LogP contribution in [0.2, 0.25) is 0 Å². The molecule has 4 N–H and O–H groups in total. The predicted molar refractivity (Wildman–Crippen MR) is 99.2 cm³/mol. The largest absolute Gasteiger partial charge is 0.370 e. The Bertz CT molecular complexity index is 1000. The molecule has 7 heteroatoms. The summed E-state index contributed by atoms with van der Waals surface area (Å²) in [5.74, 6) is -0.908. The molecule has 3 rings (SSSR count). The third-order valence-corrected chi connectivity index (χ3v) is 4.08. The lowest BCUT2D eigenvalue weighted by atomic mass is 10.0. The second-order valence-corrected chi connectivity index (χ2v) is 5.96. The summed E-state index contributed by atoms with van der Waals surface area (Å²) in [6.45, 7) is 0. The number of rotatable bonds is 6. The van der Waals surface area contributed by atoms with Crippen LogP contribution < -0.4 is 11.1 Å². The summed E-state index contributed by atoms with van der Waals surface area (Å²) in [4.78, 5) is 24.3. The van der Waals surface area contributed by atoms with Crippen LogP contribution in [0.15, 0.2) is 60.8 Å². The quantitative estimate of drug-likeness (QED) is 0.624. The maximum atomic E-state index is 12.8. The highest BCUT2D eigenvalue weighted by atomic mass is 16.2. The first kappa shape index (κ1) is 17.9. The van der Waals surface area contributed by atoms with Crippen molar-refractivity contribution in [3.63, 3.8) is 0 Å². The van der Waals surface area contributed by atoms with Gasteiger partial charge in [0.2, 0.25) is 5.91 Å². The van der Waals surface area contributed by atoms with Gasteiger partial charge in [0.1, 0.15) is 0 Å². The molecule has 0 aliphatic rings. The minimum atomic E-state index is -0.551. The van der Waals surface area contributed by atoms with Gasteiger partial charge < -0.3 is 11.1 Å². The monoisotopic (exact) mass is 359 g/mol. The van der Waals surface area contributed by atoms with E-state index in [0.717, 1.165) is 5.56 Å². The Hall–Kier alpha value is -3.92. The molecule has 0 unspecified atom stereocenters. The number of nitrogens with one attached hydrogen (secondary N) is 2. The number of carbonyl (C=O) groups excluding carboxylic acids is 2. The first-order chi connectivity index (χ1) is 13.1. The lowest BCUT2D eigenvalue weighted by Gasteiger charge is -2.18. The topological polar surface area (TPSA) is 125 Å². The van der Waals surface area contributed by atoms with Gasteiger partial charge in [-0.05, 0) is 17.7 Å². The fourth-order valence-corrected chi connectivity index (χ4v) is 2.80. The van der Waals surface area contributed by atoms with Gasteiger partial charge in [0.25, 0.3) is 5.91 Å². The van der Waals surface area contributed by atoms with Crippen molar-refractivity contribution in [2.24, 2.45) is 5.73 Å². The lowest BCUT2D eigenvalue weighted by molar-refractivity contribution is -0.118. The summed E-state index contributed by atoms with van der Waals surface area (Å²) < 4.78 is 0. The number of nitrogens with zero attached hydrogens (tertiary/aromatic N) is 2. The van der Waals surface area contributed by atoms with E-state index >= 15 is 0 Å². The molecule has 134 valence electrons.